The first kappa shape index (κ1) is 18.7. The lowest BCUT2D eigenvalue weighted by Gasteiger charge is -2.35. The van der Waals surface area contributed by atoms with Crippen LogP contribution in [-0.2, 0) is 13.6 Å². The molecule has 3 heterocycles. The number of aryl methyl sites for hydroxylation is 1. The first-order valence-electron chi connectivity index (χ1n) is 10.1. The lowest BCUT2D eigenvalue weighted by molar-refractivity contribution is 0.249. The number of hydrogen-bond donors (Lipinski definition) is 0. The molecule has 0 aliphatic carbocycles. The highest BCUT2D eigenvalue weighted by molar-refractivity contribution is 5.92. The van der Waals surface area contributed by atoms with Gasteiger partial charge in [-0.05, 0) is 35.4 Å². The highest BCUT2D eigenvalue weighted by Crippen LogP contribution is 2.29. The Hall–Kier alpha value is -3.32. The lowest BCUT2D eigenvalue weighted by atomic mass is 10.1. The molecule has 30 heavy (non-hydrogen) atoms. The van der Waals surface area contributed by atoms with Crippen molar-refractivity contribution in [3.05, 3.63) is 72.6 Å². The summed E-state index contributed by atoms with van der Waals surface area (Å²) in [7, 11) is 1.92. The topological polar surface area (TPSA) is 50.1 Å². The van der Waals surface area contributed by atoms with Crippen LogP contribution in [-0.4, -0.2) is 50.8 Å². The number of hydrogen-bond acceptors (Lipinski definition) is 5. The second kappa shape index (κ2) is 7.84. The van der Waals surface area contributed by atoms with Crippen molar-refractivity contribution in [2.45, 2.75) is 6.54 Å². The third-order valence-corrected chi connectivity index (χ3v) is 5.64. The molecule has 1 aliphatic rings. The van der Waals surface area contributed by atoms with Crippen LogP contribution in [0.3, 0.4) is 0 Å². The van der Waals surface area contributed by atoms with Gasteiger partial charge in [0.1, 0.15) is 18.0 Å². The maximum Gasteiger partial charge on any atom is 0.139 e. The third-order valence-electron chi connectivity index (χ3n) is 5.64. The van der Waals surface area contributed by atoms with Crippen LogP contribution in [0.5, 0.6) is 0 Å². The number of rotatable bonds is 4. The molecule has 0 amide bonds. The van der Waals surface area contributed by atoms with Gasteiger partial charge < -0.3 is 4.90 Å². The van der Waals surface area contributed by atoms with Crippen molar-refractivity contribution in [2.24, 2.45) is 7.05 Å². The standard InChI is InChI=1S/C23H23FN6/c1-28-15-19(13-27-28)18-4-7-22-21(12-18)23(26-16-25-22)30-10-8-29(9-11-30)14-17-2-5-20(24)6-3-17/h2-7,12-13,15-16H,8-11,14H2,1H3. The van der Waals surface area contributed by atoms with E-state index in [2.05, 4.69) is 37.0 Å². The van der Waals surface area contributed by atoms with Gasteiger partial charge in [0.2, 0.25) is 0 Å². The molecule has 7 heteroatoms. The molecule has 0 spiro atoms. The van der Waals surface area contributed by atoms with E-state index in [4.69, 9.17) is 0 Å². The predicted octanol–water partition coefficient (Wildman–Crippen LogP) is 3.49. The van der Waals surface area contributed by atoms with Crippen LogP contribution in [0.2, 0.25) is 0 Å². The Morgan fingerprint density at radius 1 is 0.933 bits per heavy atom. The summed E-state index contributed by atoms with van der Waals surface area (Å²) in [6, 6.07) is 13.1. The maximum atomic E-state index is 13.1. The first-order valence-corrected chi connectivity index (χ1v) is 10.1. The summed E-state index contributed by atoms with van der Waals surface area (Å²) < 4.78 is 14.9. The van der Waals surface area contributed by atoms with Crippen LogP contribution in [0.15, 0.2) is 61.2 Å². The van der Waals surface area contributed by atoms with Crippen LogP contribution in [0.4, 0.5) is 10.2 Å². The Kier molecular flexibility index (Phi) is 4.88. The number of benzene rings is 2. The van der Waals surface area contributed by atoms with Crippen molar-refractivity contribution < 1.29 is 4.39 Å². The number of nitrogens with zero attached hydrogens (tertiary/aromatic N) is 6. The van der Waals surface area contributed by atoms with E-state index in [1.54, 1.807) is 6.33 Å². The van der Waals surface area contributed by atoms with Crippen molar-refractivity contribution in [1.29, 1.82) is 0 Å². The second-order valence-corrected chi connectivity index (χ2v) is 7.72. The van der Waals surface area contributed by atoms with Crippen LogP contribution >= 0.6 is 0 Å². The van der Waals surface area contributed by atoms with Crippen molar-refractivity contribution in [3.8, 4) is 11.1 Å². The molecule has 0 saturated carbocycles. The predicted molar refractivity (Wildman–Crippen MR) is 116 cm³/mol. The quantitative estimate of drug-likeness (QED) is 0.523. The summed E-state index contributed by atoms with van der Waals surface area (Å²) in [5, 5.41) is 5.34. The summed E-state index contributed by atoms with van der Waals surface area (Å²) in [6.07, 6.45) is 5.53. The summed E-state index contributed by atoms with van der Waals surface area (Å²) >= 11 is 0. The fourth-order valence-electron chi connectivity index (χ4n) is 4.01. The van der Waals surface area contributed by atoms with Gasteiger partial charge in [-0.15, -0.1) is 0 Å². The number of fused-ring (bicyclic) bond motifs is 1. The number of aromatic nitrogens is 4. The Balaban J connectivity index is 1.35. The molecule has 2 aromatic carbocycles. The van der Waals surface area contributed by atoms with Gasteiger partial charge in [0.15, 0.2) is 0 Å². The van der Waals surface area contributed by atoms with E-state index in [1.165, 1.54) is 12.1 Å². The molecule has 5 rings (SSSR count). The normalized spacial score (nSPS) is 15.1. The summed E-state index contributed by atoms with van der Waals surface area (Å²) in [5.41, 5.74) is 4.28. The van der Waals surface area contributed by atoms with Gasteiger partial charge in [-0.2, -0.15) is 5.10 Å². The van der Waals surface area contributed by atoms with Crippen LogP contribution in [0, 0.1) is 5.82 Å². The SMILES string of the molecule is Cn1cc(-c2ccc3ncnc(N4CCN(Cc5ccc(F)cc5)CC4)c3c2)cn1. The molecule has 1 fully saturated rings. The summed E-state index contributed by atoms with van der Waals surface area (Å²) in [5.74, 6) is 0.789. The van der Waals surface area contributed by atoms with E-state index < -0.39 is 0 Å². The zero-order valence-electron chi connectivity index (χ0n) is 16.9. The van der Waals surface area contributed by atoms with Crippen LogP contribution in [0.25, 0.3) is 22.0 Å². The van der Waals surface area contributed by atoms with Gasteiger partial charge in [-0.3, -0.25) is 9.58 Å². The molecule has 6 nitrogen and oxygen atoms in total. The van der Waals surface area contributed by atoms with Crippen molar-refractivity contribution in [2.75, 3.05) is 31.1 Å². The monoisotopic (exact) mass is 402 g/mol. The van der Waals surface area contributed by atoms with Gasteiger partial charge in [0, 0.05) is 56.9 Å². The zero-order valence-corrected chi connectivity index (χ0v) is 16.9. The van der Waals surface area contributed by atoms with E-state index in [9.17, 15) is 4.39 Å². The van der Waals surface area contributed by atoms with E-state index in [0.717, 1.165) is 66.1 Å². The highest BCUT2D eigenvalue weighted by Gasteiger charge is 2.20. The molecule has 2 aromatic heterocycles. The Morgan fingerprint density at radius 3 is 2.47 bits per heavy atom. The van der Waals surface area contributed by atoms with E-state index in [0.29, 0.717) is 0 Å². The molecule has 1 saturated heterocycles. The second-order valence-electron chi connectivity index (χ2n) is 7.72. The van der Waals surface area contributed by atoms with Crippen molar-refractivity contribution in [3.63, 3.8) is 0 Å². The Morgan fingerprint density at radius 2 is 1.73 bits per heavy atom. The van der Waals surface area contributed by atoms with E-state index >= 15 is 0 Å². The van der Waals surface area contributed by atoms with Gasteiger partial charge in [0.05, 0.1) is 11.7 Å². The van der Waals surface area contributed by atoms with Gasteiger partial charge in [-0.1, -0.05) is 18.2 Å². The van der Waals surface area contributed by atoms with Crippen LogP contribution < -0.4 is 4.90 Å². The Bertz CT molecular complexity index is 1160. The number of piperazine rings is 1. The fourth-order valence-corrected chi connectivity index (χ4v) is 4.01. The largest absolute Gasteiger partial charge is 0.353 e. The molecule has 0 atom stereocenters. The number of halogens is 1. The molecule has 0 bridgehead atoms. The summed E-state index contributed by atoms with van der Waals surface area (Å²) in [6.45, 7) is 4.50. The number of anilines is 1. The fraction of sp³-hybridized carbons (Fsp3) is 0.261. The van der Waals surface area contributed by atoms with E-state index in [-0.39, 0.29) is 5.82 Å². The Labute approximate surface area is 174 Å². The van der Waals surface area contributed by atoms with Crippen LogP contribution in [0.1, 0.15) is 5.56 Å². The minimum atomic E-state index is -0.190. The molecule has 4 aromatic rings. The zero-order chi connectivity index (χ0) is 20.5. The first-order chi connectivity index (χ1) is 14.7. The lowest BCUT2D eigenvalue weighted by Crippen LogP contribution is -2.46. The summed E-state index contributed by atoms with van der Waals surface area (Å²) in [4.78, 5) is 13.8. The minimum absolute atomic E-state index is 0.190. The molecule has 1 aliphatic heterocycles. The van der Waals surface area contributed by atoms with Crippen molar-refractivity contribution in [1.82, 2.24) is 24.6 Å². The average Bonchev–Trinajstić information content (AvgIpc) is 3.21. The van der Waals surface area contributed by atoms with Gasteiger partial charge in [-0.25, -0.2) is 14.4 Å². The molecule has 152 valence electrons. The smallest absolute Gasteiger partial charge is 0.139 e. The van der Waals surface area contributed by atoms with E-state index in [1.807, 2.05) is 42.3 Å². The minimum Gasteiger partial charge on any atom is -0.353 e. The average molecular weight is 402 g/mol. The van der Waals surface area contributed by atoms with Crippen molar-refractivity contribution >= 4 is 16.7 Å². The van der Waals surface area contributed by atoms with Gasteiger partial charge in [0.25, 0.3) is 0 Å². The maximum absolute atomic E-state index is 13.1. The third kappa shape index (κ3) is 3.76. The van der Waals surface area contributed by atoms with Gasteiger partial charge >= 0.3 is 0 Å². The molecule has 0 unspecified atom stereocenters. The molecular weight excluding hydrogens is 379 g/mol. The highest BCUT2D eigenvalue weighted by atomic mass is 19.1. The molecule has 0 N–H and O–H groups in total. The molecule has 0 radical (unpaired) electrons. The molecular formula is C23H23FN6.